The van der Waals surface area contributed by atoms with Crippen molar-refractivity contribution in [3.05, 3.63) is 11.8 Å². The number of ether oxygens (including phenoxy) is 1. The highest BCUT2D eigenvalue weighted by molar-refractivity contribution is 5.32. The summed E-state index contributed by atoms with van der Waals surface area (Å²) < 4.78 is 9.88. The predicted octanol–water partition coefficient (Wildman–Crippen LogP) is 1.39. The van der Waals surface area contributed by atoms with Crippen molar-refractivity contribution in [1.29, 1.82) is 0 Å². The summed E-state index contributed by atoms with van der Waals surface area (Å²) in [6.45, 7) is 4.96. The Kier molecular flexibility index (Phi) is 2.92. The molecule has 0 atom stereocenters. The van der Waals surface area contributed by atoms with Gasteiger partial charge in [-0.05, 0) is 13.8 Å². The molecule has 0 bridgehead atoms. The maximum absolute atomic E-state index is 5.05. The molecule has 0 amide bonds. The smallest absolute Gasteiger partial charge is 0.171 e. The second kappa shape index (κ2) is 3.98. The molecule has 1 aromatic heterocycles. The van der Waals surface area contributed by atoms with Gasteiger partial charge in [-0.2, -0.15) is 0 Å². The van der Waals surface area contributed by atoms with Gasteiger partial charge in [-0.15, -0.1) is 0 Å². The number of hydrogen-bond donors (Lipinski definition) is 1. The minimum absolute atomic E-state index is 0.475. The SMILES string of the molecule is CCOCNc1cc(C)on1. The van der Waals surface area contributed by atoms with Crippen LogP contribution in [0.5, 0.6) is 0 Å². The van der Waals surface area contributed by atoms with Gasteiger partial charge in [0.2, 0.25) is 0 Å². The molecule has 0 unspecified atom stereocenters. The van der Waals surface area contributed by atoms with Crippen molar-refractivity contribution >= 4 is 5.82 Å². The second-order valence-corrected chi connectivity index (χ2v) is 2.14. The Hall–Kier alpha value is -1.03. The molecule has 1 N–H and O–H groups in total. The summed E-state index contributed by atoms with van der Waals surface area (Å²) >= 11 is 0. The van der Waals surface area contributed by atoms with Crippen molar-refractivity contribution in [3.8, 4) is 0 Å². The summed E-state index contributed by atoms with van der Waals surface area (Å²) in [5.74, 6) is 1.51. The van der Waals surface area contributed by atoms with E-state index in [1.54, 1.807) is 0 Å². The highest BCUT2D eigenvalue weighted by atomic mass is 16.5. The minimum Gasteiger partial charge on any atom is -0.362 e. The van der Waals surface area contributed by atoms with E-state index in [1.165, 1.54) is 0 Å². The first-order chi connectivity index (χ1) is 5.33. The van der Waals surface area contributed by atoms with Crippen molar-refractivity contribution in [3.63, 3.8) is 0 Å². The zero-order valence-electron chi connectivity index (χ0n) is 6.76. The van der Waals surface area contributed by atoms with E-state index in [4.69, 9.17) is 9.26 Å². The number of hydrogen-bond acceptors (Lipinski definition) is 4. The lowest BCUT2D eigenvalue weighted by molar-refractivity contribution is 0.166. The highest BCUT2D eigenvalue weighted by Crippen LogP contribution is 2.05. The average molecular weight is 156 g/mol. The molecule has 1 rings (SSSR count). The molecule has 1 aromatic rings. The van der Waals surface area contributed by atoms with Gasteiger partial charge in [-0.1, -0.05) is 5.16 Å². The third-order valence-corrected chi connectivity index (χ3v) is 1.19. The van der Waals surface area contributed by atoms with Gasteiger partial charge in [0.05, 0.1) is 0 Å². The molecule has 0 aliphatic heterocycles. The molecule has 4 nitrogen and oxygen atoms in total. The van der Waals surface area contributed by atoms with Gasteiger partial charge >= 0.3 is 0 Å². The van der Waals surface area contributed by atoms with Crippen LogP contribution in [-0.4, -0.2) is 18.5 Å². The van der Waals surface area contributed by atoms with Gasteiger partial charge in [0, 0.05) is 12.7 Å². The van der Waals surface area contributed by atoms with E-state index in [1.807, 2.05) is 19.9 Å². The van der Waals surface area contributed by atoms with Crippen molar-refractivity contribution in [2.24, 2.45) is 0 Å². The number of anilines is 1. The Balaban J connectivity index is 2.27. The topological polar surface area (TPSA) is 47.3 Å². The van der Waals surface area contributed by atoms with Crippen LogP contribution in [0.4, 0.5) is 5.82 Å². The third-order valence-electron chi connectivity index (χ3n) is 1.19. The van der Waals surface area contributed by atoms with Gasteiger partial charge in [0.25, 0.3) is 0 Å². The van der Waals surface area contributed by atoms with Gasteiger partial charge in [0.1, 0.15) is 12.5 Å². The fraction of sp³-hybridized carbons (Fsp3) is 0.571. The lowest BCUT2D eigenvalue weighted by Crippen LogP contribution is -2.05. The molecule has 0 radical (unpaired) electrons. The standard InChI is InChI=1S/C7H12N2O2/c1-3-10-5-8-7-4-6(2)11-9-7/h4H,3,5H2,1-2H3,(H,8,9). The first-order valence-corrected chi connectivity index (χ1v) is 3.58. The highest BCUT2D eigenvalue weighted by Gasteiger charge is 1.96. The minimum atomic E-state index is 0.475. The number of aromatic nitrogens is 1. The van der Waals surface area contributed by atoms with Gasteiger partial charge < -0.3 is 14.6 Å². The molecule has 62 valence electrons. The lowest BCUT2D eigenvalue weighted by atomic mass is 10.5. The second-order valence-electron chi connectivity index (χ2n) is 2.14. The Morgan fingerprint density at radius 3 is 3.09 bits per heavy atom. The van der Waals surface area contributed by atoms with E-state index in [2.05, 4.69) is 10.5 Å². The van der Waals surface area contributed by atoms with E-state index < -0.39 is 0 Å². The van der Waals surface area contributed by atoms with Crippen molar-refractivity contribution in [2.45, 2.75) is 13.8 Å². The fourth-order valence-electron chi connectivity index (χ4n) is 0.677. The fourth-order valence-corrected chi connectivity index (χ4v) is 0.677. The van der Waals surface area contributed by atoms with Gasteiger partial charge in [-0.25, -0.2) is 0 Å². The number of nitrogens with zero attached hydrogens (tertiary/aromatic N) is 1. The van der Waals surface area contributed by atoms with E-state index in [0.29, 0.717) is 13.3 Å². The van der Waals surface area contributed by atoms with E-state index >= 15 is 0 Å². The Morgan fingerprint density at radius 2 is 2.55 bits per heavy atom. The maximum atomic E-state index is 5.05. The van der Waals surface area contributed by atoms with Crippen LogP contribution >= 0.6 is 0 Å². The van der Waals surface area contributed by atoms with Crippen LogP contribution in [0.25, 0.3) is 0 Å². The van der Waals surface area contributed by atoms with Crippen LogP contribution in [0.15, 0.2) is 10.6 Å². The van der Waals surface area contributed by atoms with E-state index in [0.717, 1.165) is 11.6 Å². The van der Waals surface area contributed by atoms with Crippen LogP contribution in [0.3, 0.4) is 0 Å². The summed E-state index contributed by atoms with van der Waals surface area (Å²) in [6, 6.07) is 1.82. The quantitative estimate of drug-likeness (QED) is 0.528. The molecule has 0 fully saturated rings. The number of rotatable bonds is 4. The zero-order valence-corrected chi connectivity index (χ0v) is 6.76. The summed E-state index contributed by atoms with van der Waals surface area (Å²) in [7, 11) is 0. The molecule has 0 aliphatic rings. The number of aryl methyl sites for hydroxylation is 1. The summed E-state index contributed by atoms with van der Waals surface area (Å²) in [6.07, 6.45) is 0. The normalized spacial score (nSPS) is 10.0. The molecule has 0 spiro atoms. The van der Waals surface area contributed by atoms with Crippen LogP contribution in [-0.2, 0) is 4.74 Å². The van der Waals surface area contributed by atoms with Crippen LogP contribution in [0, 0.1) is 6.92 Å². The zero-order chi connectivity index (χ0) is 8.10. The molecule has 1 heterocycles. The summed E-state index contributed by atoms with van der Waals surface area (Å²) in [5.41, 5.74) is 0. The monoisotopic (exact) mass is 156 g/mol. The Labute approximate surface area is 65.5 Å². The van der Waals surface area contributed by atoms with Crippen LogP contribution in [0.1, 0.15) is 12.7 Å². The van der Waals surface area contributed by atoms with E-state index in [-0.39, 0.29) is 0 Å². The Morgan fingerprint density at radius 1 is 1.73 bits per heavy atom. The van der Waals surface area contributed by atoms with Gasteiger partial charge in [-0.3, -0.25) is 0 Å². The Bertz CT molecular complexity index is 210. The summed E-state index contributed by atoms with van der Waals surface area (Å²) in [5, 5.41) is 6.66. The molecule has 0 aliphatic carbocycles. The summed E-state index contributed by atoms with van der Waals surface area (Å²) in [4.78, 5) is 0. The van der Waals surface area contributed by atoms with Crippen LogP contribution in [0.2, 0.25) is 0 Å². The molecular formula is C7H12N2O2. The first-order valence-electron chi connectivity index (χ1n) is 3.58. The van der Waals surface area contributed by atoms with E-state index in [9.17, 15) is 0 Å². The largest absolute Gasteiger partial charge is 0.362 e. The molecule has 0 saturated carbocycles. The van der Waals surface area contributed by atoms with Crippen molar-refractivity contribution in [2.75, 3.05) is 18.7 Å². The third kappa shape index (κ3) is 2.59. The van der Waals surface area contributed by atoms with Crippen molar-refractivity contribution < 1.29 is 9.26 Å². The lowest BCUT2D eigenvalue weighted by Gasteiger charge is -1.99. The predicted molar refractivity (Wildman–Crippen MR) is 41.4 cm³/mol. The molecule has 0 saturated heterocycles. The average Bonchev–Trinajstić information content (AvgIpc) is 2.37. The van der Waals surface area contributed by atoms with Crippen LogP contribution < -0.4 is 5.32 Å². The first kappa shape index (κ1) is 8.07. The molecular weight excluding hydrogens is 144 g/mol. The molecule has 11 heavy (non-hydrogen) atoms. The van der Waals surface area contributed by atoms with Crippen molar-refractivity contribution in [1.82, 2.24) is 5.16 Å². The molecule has 0 aromatic carbocycles. The maximum Gasteiger partial charge on any atom is 0.171 e. The number of nitrogens with one attached hydrogen (secondary N) is 1. The molecule has 4 heteroatoms. The van der Waals surface area contributed by atoms with Gasteiger partial charge in [0.15, 0.2) is 5.82 Å².